The number of aryl methyl sites for hydroxylation is 1. The Balaban J connectivity index is 1.65. The van der Waals surface area contributed by atoms with E-state index in [0.29, 0.717) is 19.1 Å². The monoisotopic (exact) mass is 263 g/mol. The van der Waals surface area contributed by atoms with E-state index in [1.807, 2.05) is 19.1 Å². The predicted molar refractivity (Wildman–Crippen MR) is 74.1 cm³/mol. The van der Waals surface area contributed by atoms with Gasteiger partial charge in [0.1, 0.15) is 0 Å². The average Bonchev–Trinajstić information content (AvgIpc) is 2.43. The Kier molecular flexibility index (Phi) is 5.30. The van der Waals surface area contributed by atoms with Gasteiger partial charge in [0.15, 0.2) is 0 Å². The Bertz CT molecular complexity index is 400. The third-order valence-corrected chi connectivity index (χ3v) is 3.16. The summed E-state index contributed by atoms with van der Waals surface area (Å²) >= 11 is 0. The number of carbonyl (C=O) groups is 1. The van der Waals surface area contributed by atoms with Crippen molar-refractivity contribution in [3.8, 4) is 0 Å². The molecule has 1 aromatic rings. The Morgan fingerprint density at radius 1 is 1.47 bits per heavy atom. The van der Waals surface area contributed by atoms with Crippen LogP contribution in [0.3, 0.4) is 0 Å². The number of carbonyl (C=O) groups excluding carboxylic acids is 1. The van der Waals surface area contributed by atoms with Gasteiger partial charge >= 0.3 is 0 Å². The van der Waals surface area contributed by atoms with Gasteiger partial charge in [-0.15, -0.1) is 0 Å². The summed E-state index contributed by atoms with van der Waals surface area (Å²) in [4.78, 5) is 15.8. The van der Waals surface area contributed by atoms with E-state index in [1.54, 1.807) is 6.20 Å². The van der Waals surface area contributed by atoms with Gasteiger partial charge < -0.3 is 15.4 Å². The van der Waals surface area contributed by atoms with Crippen LogP contribution in [0.5, 0.6) is 0 Å². The summed E-state index contributed by atoms with van der Waals surface area (Å²) < 4.78 is 5.69. The highest BCUT2D eigenvalue weighted by Crippen LogP contribution is 2.09. The molecule has 1 amide bonds. The fourth-order valence-electron chi connectivity index (χ4n) is 2.05. The van der Waals surface area contributed by atoms with Crippen LogP contribution < -0.4 is 10.6 Å². The van der Waals surface area contributed by atoms with Gasteiger partial charge in [0.2, 0.25) is 5.91 Å². The maximum absolute atomic E-state index is 11.7. The molecule has 2 N–H and O–H groups in total. The summed E-state index contributed by atoms with van der Waals surface area (Å²) in [6, 6.07) is 3.73. The summed E-state index contributed by atoms with van der Waals surface area (Å²) in [5, 5.41) is 6.10. The summed E-state index contributed by atoms with van der Waals surface area (Å²) in [6.07, 6.45) is 4.42. The van der Waals surface area contributed by atoms with Crippen LogP contribution in [0.4, 0.5) is 5.69 Å². The first-order valence-electron chi connectivity index (χ1n) is 6.79. The summed E-state index contributed by atoms with van der Waals surface area (Å²) in [5.74, 6) is -0.0282. The zero-order valence-corrected chi connectivity index (χ0v) is 11.3. The molecule has 5 nitrogen and oxygen atoms in total. The second-order valence-corrected chi connectivity index (χ2v) is 4.81. The first-order valence-corrected chi connectivity index (χ1v) is 6.79. The molecular weight excluding hydrogens is 242 g/mol. The number of anilines is 1. The Morgan fingerprint density at radius 3 is 2.95 bits per heavy atom. The Hall–Kier alpha value is -1.46. The average molecular weight is 263 g/mol. The molecule has 0 aliphatic carbocycles. The van der Waals surface area contributed by atoms with Crippen molar-refractivity contribution < 1.29 is 9.53 Å². The van der Waals surface area contributed by atoms with Gasteiger partial charge in [-0.25, -0.2) is 0 Å². The lowest BCUT2D eigenvalue weighted by Gasteiger charge is -2.22. The van der Waals surface area contributed by atoms with E-state index < -0.39 is 0 Å². The number of pyridine rings is 1. The van der Waals surface area contributed by atoms with Gasteiger partial charge in [-0.2, -0.15) is 0 Å². The molecule has 1 fully saturated rings. The van der Waals surface area contributed by atoms with Crippen LogP contribution in [-0.2, 0) is 9.53 Å². The van der Waals surface area contributed by atoms with Crippen LogP contribution in [0.1, 0.15) is 25.0 Å². The summed E-state index contributed by atoms with van der Waals surface area (Å²) in [6.45, 7) is 4.41. The van der Waals surface area contributed by atoms with Crippen molar-refractivity contribution in [1.29, 1.82) is 0 Å². The minimum atomic E-state index is -0.0282. The molecule has 0 aromatic carbocycles. The van der Waals surface area contributed by atoms with Crippen LogP contribution >= 0.6 is 0 Å². The largest absolute Gasteiger partial charge is 0.378 e. The quantitative estimate of drug-likeness (QED) is 0.845. The molecule has 2 heterocycles. The SMILES string of the molecule is Cc1ccc(NC(=O)CCOC2CCNCC2)cn1. The van der Waals surface area contributed by atoms with E-state index in [0.717, 1.165) is 37.3 Å². The van der Waals surface area contributed by atoms with Gasteiger partial charge in [-0.3, -0.25) is 9.78 Å². The molecule has 1 aliphatic rings. The van der Waals surface area contributed by atoms with Gasteiger partial charge in [-0.1, -0.05) is 0 Å². The fourth-order valence-corrected chi connectivity index (χ4v) is 2.05. The topological polar surface area (TPSA) is 63.2 Å². The van der Waals surface area contributed by atoms with Crippen LogP contribution in [0.2, 0.25) is 0 Å². The number of hydrogen-bond donors (Lipinski definition) is 2. The van der Waals surface area contributed by atoms with E-state index in [2.05, 4.69) is 15.6 Å². The van der Waals surface area contributed by atoms with Crippen LogP contribution in [0.25, 0.3) is 0 Å². The molecule has 0 spiro atoms. The molecule has 0 radical (unpaired) electrons. The van der Waals surface area contributed by atoms with Crippen LogP contribution in [-0.4, -0.2) is 36.7 Å². The lowest BCUT2D eigenvalue weighted by Crippen LogP contribution is -2.33. The van der Waals surface area contributed by atoms with E-state index in [4.69, 9.17) is 4.74 Å². The minimum absolute atomic E-state index is 0.0282. The smallest absolute Gasteiger partial charge is 0.226 e. The molecule has 1 aliphatic heterocycles. The normalized spacial score (nSPS) is 16.3. The molecule has 2 rings (SSSR count). The number of aromatic nitrogens is 1. The minimum Gasteiger partial charge on any atom is -0.378 e. The third kappa shape index (κ3) is 4.96. The van der Waals surface area contributed by atoms with Crippen LogP contribution in [0, 0.1) is 6.92 Å². The first kappa shape index (κ1) is 14.0. The van der Waals surface area contributed by atoms with Crippen molar-refractivity contribution in [1.82, 2.24) is 10.3 Å². The molecule has 1 aromatic heterocycles. The molecule has 0 atom stereocenters. The molecule has 1 saturated heterocycles. The lowest BCUT2D eigenvalue weighted by atomic mass is 10.1. The van der Waals surface area contributed by atoms with E-state index in [-0.39, 0.29) is 5.91 Å². The maximum Gasteiger partial charge on any atom is 0.226 e. The first-order chi connectivity index (χ1) is 9.24. The number of nitrogens with one attached hydrogen (secondary N) is 2. The highest BCUT2D eigenvalue weighted by atomic mass is 16.5. The van der Waals surface area contributed by atoms with Gasteiger partial charge in [0, 0.05) is 5.69 Å². The zero-order valence-electron chi connectivity index (χ0n) is 11.3. The molecule has 0 unspecified atom stereocenters. The molecule has 0 bridgehead atoms. The summed E-state index contributed by atoms with van der Waals surface area (Å²) in [5.41, 5.74) is 1.67. The molecular formula is C14H21N3O2. The zero-order chi connectivity index (χ0) is 13.5. The van der Waals surface area contributed by atoms with E-state index >= 15 is 0 Å². The standard InChI is InChI=1S/C14H21N3O2/c1-11-2-3-12(10-16-11)17-14(18)6-9-19-13-4-7-15-8-5-13/h2-3,10,13,15H,4-9H2,1H3,(H,17,18). The maximum atomic E-state index is 11.7. The number of nitrogens with zero attached hydrogens (tertiary/aromatic N) is 1. The molecule has 0 saturated carbocycles. The Labute approximate surface area is 113 Å². The predicted octanol–water partition coefficient (Wildman–Crippen LogP) is 1.49. The summed E-state index contributed by atoms with van der Waals surface area (Å²) in [7, 11) is 0. The Morgan fingerprint density at radius 2 is 2.26 bits per heavy atom. The number of hydrogen-bond acceptors (Lipinski definition) is 4. The fraction of sp³-hybridized carbons (Fsp3) is 0.571. The van der Waals surface area contributed by atoms with Crippen molar-refractivity contribution in [3.05, 3.63) is 24.0 Å². The van der Waals surface area contributed by atoms with Gasteiger partial charge in [0.25, 0.3) is 0 Å². The molecule has 5 heteroatoms. The van der Waals surface area contributed by atoms with Crippen molar-refractivity contribution in [2.24, 2.45) is 0 Å². The second kappa shape index (κ2) is 7.21. The third-order valence-electron chi connectivity index (χ3n) is 3.16. The van der Waals surface area contributed by atoms with E-state index in [1.165, 1.54) is 0 Å². The number of piperidine rings is 1. The molecule has 104 valence electrons. The number of ether oxygens (including phenoxy) is 1. The van der Waals surface area contributed by atoms with Crippen molar-refractivity contribution >= 4 is 11.6 Å². The lowest BCUT2D eigenvalue weighted by molar-refractivity contribution is -0.117. The van der Waals surface area contributed by atoms with Crippen molar-refractivity contribution in [3.63, 3.8) is 0 Å². The number of rotatable bonds is 5. The van der Waals surface area contributed by atoms with Gasteiger partial charge in [0.05, 0.1) is 31.0 Å². The highest BCUT2D eigenvalue weighted by Gasteiger charge is 2.13. The molecule has 19 heavy (non-hydrogen) atoms. The highest BCUT2D eigenvalue weighted by molar-refractivity contribution is 5.90. The van der Waals surface area contributed by atoms with Crippen molar-refractivity contribution in [2.45, 2.75) is 32.3 Å². The van der Waals surface area contributed by atoms with E-state index in [9.17, 15) is 4.79 Å². The van der Waals surface area contributed by atoms with Gasteiger partial charge in [-0.05, 0) is 45.0 Å². The van der Waals surface area contributed by atoms with Crippen molar-refractivity contribution in [2.75, 3.05) is 25.0 Å². The van der Waals surface area contributed by atoms with Crippen LogP contribution in [0.15, 0.2) is 18.3 Å². The number of amides is 1. The second-order valence-electron chi connectivity index (χ2n) is 4.81.